The molecule has 1 aromatic heterocycles. The van der Waals surface area contributed by atoms with Gasteiger partial charge >= 0.3 is 0 Å². The fourth-order valence-corrected chi connectivity index (χ4v) is 4.50. The van der Waals surface area contributed by atoms with Gasteiger partial charge in [-0.3, -0.25) is 9.89 Å². The van der Waals surface area contributed by atoms with Gasteiger partial charge in [0.2, 0.25) is 0 Å². The monoisotopic (exact) mass is 363 g/mol. The number of aliphatic imine (C=N–C) groups is 1. The van der Waals surface area contributed by atoms with Crippen LogP contribution in [0.2, 0.25) is 0 Å². The molecule has 0 radical (unpaired) electrons. The molecule has 2 fully saturated rings. The molecule has 2 saturated heterocycles. The second kappa shape index (κ2) is 9.53. The molecule has 6 heteroatoms. The van der Waals surface area contributed by atoms with Crippen LogP contribution in [-0.2, 0) is 13.0 Å². The number of rotatable bonds is 5. The summed E-state index contributed by atoms with van der Waals surface area (Å²) in [7, 11) is 0. The molecular weight excluding hydrogens is 330 g/mol. The first-order valence-corrected chi connectivity index (χ1v) is 10.8. The Labute approximate surface area is 156 Å². The summed E-state index contributed by atoms with van der Waals surface area (Å²) in [6.07, 6.45) is 8.67. The Bertz CT molecular complexity index is 540. The smallest absolute Gasteiger partial charge is 0.191 e. The van der Waals surface area contributed by atoms with Gasteiger partial charge in [0.05, 0.1) is 10.7 Å². The lowest BCUT2D eigenvalue weighted by atomic mass is 9.97. The van der Waals surface area contributed by atoms with Crippen LogP contribution in [0.25, 0.3) is 0 Å². The lowest BCUT2D eigenvalue weighted by Gasteiger charge is -2.31. The summed E-state index contributed by atoms with van der Waals surface area (Å²) < 4.78 is 0. The summed E-state index contributed by atoms with van der Waals surface area (Å²) in [5, 5.41) is 3.47. The van der Waals surface area contributed by atoms with E-state index in [0.29, 0.717) is 5.92 Å². The van der Waals surface area contributed by atoms with E-state index in [1.807, 2.05) is 0 Å². The molecule has 3 rings (SSSR count). The van der Waals surface area contributed by atoms with E-state index in [2.05, 4.69) is 22.1 Å². The lowest BCUT2D eigenvalue weighted by Crippen LogP contribution is -2.39. The van der Waals surface area contributed by atoms with Crippen molar-refractivity contribution in [1.29, 1.82) is 0 Å². The number of likely N-dealkylation sites (tertiary alicyclic amines) is 2. The summed E-state index contributed by atoms with van der Waals surface area (Å²) in [5.74, 6) is 1.46. The fourth-order valence-electron chi connectivity index (χ4n) is 3.76. The SMILES string of the molecule is CCc1nc(CN2CCC(CN=C(N)N3CCCCCC3)CC2)cs1. The molecule has 140 valence electrons. The zero-order chi connectivity index (χ0) is 17.5. The highest BCUT2D eigenvalue weighted by Crippen LogP contribution is 2.20. The van der Waals surface area contributed by atoms with Gasteiger partial charge in [0.25, 0.3) is 0 Å². The first-order valence-electron chi connectivity index (χ1n) is 9.95. The van der Waals surface area contributed by atoms with Crippen molar-refractivity contribution in [3.05, 3.63) is 16.1 Å². The number of aryl methyl sites for hydroxylation is 1. The zero-order valence-corrected chi connectivity index (χ0v) is 16.4. The Morgan fingerprint density at radius 3 is 2.56 bits per heavy atom. The van der Waals surface area contributed by atoms with Crippen molar-refractivity contribution in [3.8, 4) is 0 Å². The highest BCUT2D eigenvalue weighted by molar-refractivity contribution is 7.09. The quantitative estimate of drug-likeness (QED) is 0.645. The summed E-state index contributed by atoms with van der Waals surface area (Å²) in [4.78, 5) is 14.2. The van der Waals surface area contributed by atoms with Crippen molar-refractivity contribution < 1.29 is 0 Å². The molecular formula is C19H33N5S. The van der Waals surface area contributed by atoms with Gasteiger partial charge in [-0.25, -0.2) is 4.98 Å². The summed E-state index contributed by atoms with van der Waals surface area (Å²) >= 11 is 1.79. The largest absolute Gasteiger partial charge is 0.370 e. The molecule has 0 atom stereocenters. The average Bonchev–Trinajstić information content (AvgIpc) is 2.91. The van der Waals surface area contributed by atoms with E-state index in [-0.39, 0.29) is 0 Å². The fraction of sp³-hybridized carbons (Fsp3) is 0.789. The van der Waals surface area contributed by atoms with Gasteiger partial charge in [-0.15, -0.1) is 11.3 Å². The van der Waals surface area contributed by atoms with Gasteiger partial charge in [-0.2, -0.15) is 0 Å². The molecule has 2 aliphatic heterocycles. The minimum absolute atomic E-state index is 0.684. The second-order valence-corrected chi connectivity index (χ2v) is 8.35. The van der Waals surface area contributed by atoms with E-state index in [0.717, 1.165) is 51.6 Å². The third-order valence-electron chi connectivity index (χ3n) is 5.44. The van der Waals surface area contributed by atoms with Gasteiger partial charge in [0.1, 0.15) is 0 Å². The van der Waals surface area contributed by atoms with Crippen LogP contribution in [0.15, 0.2) is 10.4 Å². The molecule has 0 aromatic carbocycles. The van der Waals surface area contributed by atoms with Crippen LogP contribution in [0, 0.1) is 5.92 Å². The maximum atomic E-state index is 6.24. The number of piperidine rings is 1. The van der Waals surface area contributed by atoms with Crippen LogP contribution in [0.5, 0.6) is 0 Å². The maximum absolute atomic E-state index is 6.24. The predicted octanol–water partition coefficient (Wildman–Crippen LogP) is 3.11. The number of nitrogens with two attached hydrogens (primary N) is 1. The van der Waals surface area contributed by atoms with Crippen LogP contribution in [-0.4, -0.2) is 53.5 Å². The van der Waals surface area contributed by atoms with Crippen LogP contribution in [0.3, 0.4) is 0 Å². The van der Waals surface area contributed by atoms with Gasteiger partial charge in [-0.05, 0) is 51.1 Å². The molecule has 3 heterocycles. The zero-order valence-electron chi connectivity index (χ0n) is 15.6. The molecule has 2 aliphatic rings. The average molecular weight is 364 g/mol. The normalized spacial score (nSPS) is 21.5. The van der Waals surface area contributed by atoms with E-state index in [9.17, 15) is 0 Å². The van der Waals surface area contributed by atoms with E-state index in [4.69, 9.17) is 15.7 Å². The number of nitrogens with zero attached hydrogens (tertiary/aromatic N) is 4. The van der Waals surface area contributed by atoms with Crippen LogP contribution >= 0.6 is 11.3 Å². The van der Waals surface area contributed by atoms with Gasteiger partial charge in [0, 0.05) is 31.6 Å². The van der Waals surface area contributed by atoms with E-state index in [1.165, 1.54) is 49.2 Å². The van der Waals surface area contributed by atoms with Crippen molar-refractivity contribution in [2.75, 3.05) is 32.7 Å². The molecule has 2 N–H and O–H groups in total. The molecule has 0 saturated carbocycles. The van der Waals surface area contributed by atoms with Gasteiger partial charge in [-0.1, -0.05) is 19.8 Å². The predicted molar refractivity (Wildman–Crippen MR) is 106 cm³/mol. The third-order valence-corrected chi connectivity index (χ3v) is 6.48. The summed E-state index contributed by atoms with van der Waals surface area (Å²) in [6.45, 7) is 8.55. The first kappa shape index (κ1) is 18.6. The van der Waals surface area contributed by atoms with Crippen LogP contribution in [0.4, 0.5) is 0 Å². The van der Waals surface area contributed by atoms with Crippen molar-refractivity contribution in [2.45, 2.75) is 58.4 Å². The van der Waals surface area contributed by atoms with Crippen molar-refractivity contribution >= 4 is 17.3 Å². The molecule has 25 heavy (non-hydrogen) atoms. The lowest BCUT2D eigenvalue weighted by molar-refractivity contribution is 0.179. The standard InChI is InChI=1S/C19H33N5S/c1-2-18-22-17(15-25-18)14-23-11-7-16(8-12-23)13-21-19(20)24-9-5-3-4-6-10-24/h15-16H,2-14H2,1H3,(H2,20,21). The van der Waals surface area contributed by atoms with Crippen LogP contribution < -0.4 is 5.73 Å². The molecule has 0 spiro atoms. The number of guanidine groups is 1. The number of aromatic nitrogens is 1. The molecule has 0 aliphatic carbocycles. The summed E-state index contributed by atoms with van der Waals surface area (Å²) in [6, 6.07) is 0. The summed E-state index contributed by atoms with van der Waals surface area (Å²) in [5.41, 5.74) is 7.48. The number of hydrogen-bond acceptors (Lipinski definition) is 4. The van der Waals surface area contributed by atoms with E-state index < -0.39 is 0 Å². The third kappa shape index (κ3) is 5.68. The minimum atomic E-state index is 0.684. The Hall–Kier alpha value is -1.14. The molecule has 0 amide bonds. The minimum Gasteiger partial charge on any atom is -0.370 e. The van der Waals surface area contributed by atoms with Crippen LogP contribution in [0.1, 0.15) is 56.2 Å². The second-order valence-electron chi connectivity index (χ2n) is 7.41. The van der Waals surface area contributed by atoms with E-state index in [1.54, 1.807) is 11.3 Å². The Morgan fingerprint density at radius 2 is 1.92 bits per heavy atom. The van der Waals surface area contributed by atoms with Crippen molar-refractivity contribution in [2.24, 2.45) is 16.6 Å². The first-order chi connectivity index (χ1) is 12.2. The molecule has 1 aromatic rings. The highest BCUT2D eigenvalue weighted by Gasteiger charge is 2.20. The van der Waals surface area contributed by atoms with Gasteiger partial charge in [0.15, 0.2) is 5.96 Å². The van der Waals surface area contributed by atoms with E-state index >= 15 is 0 Å². The van der Waals surface area contributed by atoms with Gasteiger partial charge < -0.3 is 10.6 Å². The number of thiazole rings is 1. The Balaban J connectivity index is 1.40. The Morgan fingerprint density at radius 1 is 1.20 bits per heavy atom. The topological polar surface area (TPSA) is 57.8 Å². The van der Waals surface area contributed by atoms with Crippen molar-refractivity contribution in [3.63, 3.8) is 0 Å². The Kier molecular flexibility index (Phi) is 7.11. The number of hydrogen-bond donors (Lipinski definition) is 1. The molecule has 0 unspecified atom stereocenters. The van der Waals surface area contributed by atoms with Crippen molar-refractivity contribution in [1.82, 2.24) is 14.8 Å². The molecule has 0 bridgehead atoms. The molecule has 5 nitrogen and oxygen atoms in total. The maximum Gasteiger partial charge on any atom is 0.191 e. The highest BCUT2D eigenvalue weighted by atomic mass is 32.1.